The number of aromatic nitrogens is 3. The van der Waals surface area contributed by atoms with E-state index in [0.29, 0.717) is 11.4 Å². The minimum atomic E-state index is -0.0845. The fourth-order valence-corrected chi connectivity index (χ4v) is 2.48. The van der Waals surface area contributed by atoms with E-state index in [-0.39, 0.29) is 11.9 Å². The Morgan fingerprint density at radius 2 is 2.17 bits per heavy atom. The maximum atomic E-state index is 12.5. The highest BCUT2D eigenvalue weighted by Crippen LogP contribution is 2.32. The number of hydrogen-bond acceptors (Lipinski definition) is 3. The highest BCUT2D eigenvalue weighted by atomic mass is 16.2. The molecule has 1 amide bonds. The van der Waals surface area contributed by atoms with Crippen molar-refractivity contribution in [3.63, 3.8) is 0 Å². The molecule has 5 nitrogen and oxygen atoms in total. The van der Waals surface area contributed by atoms with Crippen LogP contribution in [0, 0.1) is 6.92 Å². The van der Waals surface area contributed by atoms with Gasteiger partial charge in [0.1, 0.15) is 0 Å². The van der Waals surface area contributed by atoms with Crippen molar-refractivity contribution in [1.82, 2.24) is 15.4 Å². The van der Waals surface area contributed by atoms with Gasteiger partial charge in [-0.2, -0.15) is 15.4 Å². The number of hydrogen-bond donors (Lipinski definition) is 1. The summed E-state index contributed by atoms with van der Waals surface area (Å²) in [5.74, 6) is -0.0845. The molecule has 0 aliphatic carbocycles. The average molecular weight is 242 g/mol. The summed E-state index contributed by atoms with van der Waals surface area (Å²) in [5, 5.41) is 10.3. The number of benzene rings is 1. The van der Waals surface area contributed by atoms with Crippen molar-refractivity contribution in [2.45, 2.75) is 26.3 Å². The Hall–Kier alpha value is -2.17. The standard InChI is InChI=1S/C13H14N4O/c1-8-7-10-5-3-4-6-11(10)17(8)13(18)12-9(2)14-16-15-12/h3-6,8H,7H2,1-2H3,(H,14,15,16). The van der Waals surface area contributed by atoms with E-state index in [1.54, 1.807) is 11.8 Å². The zero-order chi connectivity index (χ0) is 12.7. The fourth-order valence-electron chi connectivity index (χ4n) is 2.48. The topological polar surface area (TPSA) is 61.9 Å². The number of carbonyl (C=O) groups is 1. The number of nitrogens with one attached hydrogen (secondary N) is 1. The van der Waals surface area contributed by atoms with Gasteiger partial charge in [0.25, 0.3) is 5.91 Å². The van der Waals surface area contributed by atoms with Gasteiger partial charge >= 0.3 is 0 Å². The molecular weight excluding hydrogens is 228 g/mol. The lowest BCUT2D eigenvalue weighted by atomic mass is 10.1. The van der Waals surface area contributed by atoms with Crippen molar-refractivity contribution in [3.05, 3.63) is 41.2 Å². The lowest BCUT2D eigenvalue weighted by Gasteiger charge is -2.21. The van der Waals surface area contributed by atoms with Gasteiger partial charge in [-0.15, -0.1) is 0 Å². The summed E-state index contributed by atoms with van der Waals surface area (Å²) < 4.78 is 0. The van der Waals surface area contributed by atoms with Gasteiger partial charge in [0, 0.05) is 11.7 Å². The Morgan fingerprint density at radius 1 is 1.39 bits per heavy atom. The van der Waals surface area contributed by atoms with Crippen LogP contribution in [0.15, 0.2) is 24.3 Å². The summed E-state index contributed by atoms with van der Waals surface area (Å²) in [6.07, 6.45) is 0.888. The minimum absolute atomic E-state index is 0.0845. The minimum Gasteiger partial charge on any atom is -0.304 e. The summed E-state index contributed by atoms with van der Waals surface area (Å²) in [4.78, 5) is 14.3. The maximum absolute atomic E-state index is 12.5. The zero-order valence-corrected chi connectivity index (χ0v) is 10.3. The number of para-hydroxylation sites is 1. The van der Waals surface area contributed by atoms with Crippen LogP contribution in [-0.4, -0.2) is 27.4 Å². The molecule has 1 aromatic carbocycles. The number of aromatic amines is 1. The van der Waals surface area contributed by atoms with E-state index >= 15 is 0 Å². The molecule has 1 aromatic heterocycles. The summed E-state index contributed by atoms with van der Waals surface area (Å²) in [7, 11) is 0. The first-order valence-electron chi connectivity index (χ1n) is 5.97. The van der Waals surface area contributed by atoms with E-state index in [2.05, 4.69) is 21.5 Å². The van der Waals surface area contributed by atoms with Gasteiger partial charge in [-0.05, 0) is 31.9 Å². The number of amides is 1. The predicted octanol–water partition coefficient (Wildman–Crippen LogP) is 1.70. The smallest absolute Gasteiger partial charge is 0.280 e. The third kappa shape index (κ3) is 1.51. The third-order valence-corrected chi connectivity index (χ3v) is 3.35. The molecule has 0 spiro atoms. The van der Waals surface area contributed by atoms with Crippen LogP contribution in [0.5, 0.6) is 0 Å². The number of rotatable bonds is 1. The molecule has 3 rings (SSSR count). The Morgan fingerprint density at radius 3 is 2.89 bits per heavy atom. The summed E-state index contributed by atoms with van der Waals surface area (Å²) in [6.45, 7) is 3.83. The van der Waals surface area contributed by atoms with Gasteiger partial charge in [0.2, 0.25) is 0 Å². The number of nitrogens with zero attached hydrogens (tertiary/aromatic N) is 3. The Bertz CT molecular complexity index is 605. The number of anilines is 1. The number of H-pyrrole nitrogens is 1. The molecule has 1 N–H and O–H groups in total. The first-order chi connectivity index (χ1) is 8.68. The second kappa shape index (κ2) is 3.94. The van der Waals surface area contributed by atoms with Gasteiger partial charge in [-0.25, -0.2) is 0 Å². The van der Waals surface area contributed by atoms with Crippen LogP contribution in [0.25, 0.3) is 0 Å². The first-order valence-corrected chi connectivity index (χ1v) is 5.97. The van der Waals surface area contributed by atoms with E-state index in [1.807, 2.05) is 25.1 Å². The molecule has 5 heteroatoms. The molecule has 0 fully saturated rings. The monoisotopic (exact) mass is 242 g/mol. The lowest BCUT2D eigenvalue weighted by Crippen LogP contribution is -2.36. The van der Waals surface area contributed by atoms with Gasteiger partial charge in [-0.3, -0.25) is 4.79 Å². The first kappa shape index (κ1) is 11.0. The Kier molecular flexibility index (Phi) is 2.40. The quantitative estimate of drug-likeness (QED) is 0.828. The normalized spacial score (nSPS) is 17.9. The van der Waals surface area contributed by atoms with E-state index in [0.717, 1.165) is 12.1 Å². The SMILES string of the molecule is Cc1n[nH]nc1C(=O)N1c2ccccc2CC1C. The Labute approximate surface area is 105 Å². The zero-order valence-electron chi connectivity index (χ0n) is 10.3. The van der Waals surface area contributed by atoms with E-state index in [9.17, 15) is 4.79 Å². The second-order valence-electron chi connectivity index (χ2n) is 4.61. The maximum Gasteiger partial charge on any atom is 0.280 e. The Balaban J connectivity index is 2.03. The summed E-state index contributed by atoms with van der Waals surface area (Å²) in [6, 6.07) is 8.15. The second-order valence-corrected chi connectivity index (χ2v) is 4.61. The molecule has 92 valence electrons. The molecule has 0 radical (unpaired) electrons. The van der Waals surface area contributed by atoms with E-state index in [4.69, 9.17) is 0 Å². The van der Waals surface area contributed by atoms with Gasteiger partial charge in [0.05, 0.1) is 5.69 Å². The summed E-state index contributed by atoms with van der Waals surface area (Å²) in [5.41, 5.74) is 3.23. The molecule has 1 unspecified atom stereocenters. The largest absolute Gasteiger partial charge is 0.304 e. The van der Waals surface area contributed by atoms with Gasteiger partial charge in [0.15, 0.2) is 5.69 Å². The van der Waals surface area contributed by atoms with Crippen LogP contribution in [-0.2, 0) is 6.42 Å². The summed E-state index contributed by atoms with van der Waals surface area (Å²) >= 11 is 0. The van der Waals surface area contributed by atoms with Crippen molar-refractivity contribution in [3.8, 4) is 0 Å². The van der Waals surface area contributed by atoms with Crippen molar-refractivity contribution < 1.29 is 4.79 Å². The number of fused-ring (bicyclic) bond motifs is 1. The van der Waals surface area contributed by atoms with Crippen LogP contribution in [0.2, 0.25) is 0 Å². The van der Waals surface area contributed by atoms with E-state index in [1.165, 1.54) is 5.56 Å². The van der Waals surface area contributed by atoms with E-state index < -0.39 is 0 Å². The molecular formula is C13H14N4O. The van der Waals surface area contributed by atoms with Gasteiger partial charge < -0.3 is 4.90 Å². The highest BCUT2D eigenvalue weighted by molar-refractivity contribution is 6.07. The highest BCUT2D eigenvalue weighted by Gasteiger charge is 2.33. The van der Waals surface area contributed by atoms with Crippen LogP contribution in [0.1, 0.15) is 28.7 Å². The molecule has 0 saturated carbocycles. The number of carbonyl (C=O) groups excluding carboxylic acids is 1. The molecule has 1 atom stereocenters. The van der Waals surface area contributed by atoms with Crippen LogP contribution < -0.4 is 4.90 Å². The van der Waals surface area contributed by atoms with Crippen molar-refractivity contribution in [2.75, 3.05) is 4.90 Å². The molecule has 0 saturated heterocycles. The molecule has 0 bridgehead atoms. The molecule has 1 aliphatic rings. The van der Waals surface area contributed by atoms with Crippen LogP contribution in [0.3, 0.4) is 0 Å². The lowest BCUT2D eigenvalue weighted by molar-refractivity contribution is 0.0976. The molecule has 2 aromatic rings. The van der Waals surface area contributed by atoms with Gasteiger partial charge in [-0.1, -0.05) is 18.2 Å². The third-order valence-electron chi connectivity index (χ3n) is 3.35. The average Bonchev–Trinajstić information content (AvgIpc) is 2.91. The molecule has 2 heterocycles. The van der Waals surface area contributed by atoms with Crippen molar-refractivity contribution in [1.29, 1.82) is 0 Å². The fraction of sp³-hybridized carbons (Fsp3) is 0.308. The molecule has 18 heavy (non-hydrogen) atoms. The van der Waals surface area contributed by atoms with Crippen molar-refractivity contribution in [2.24, 2.45) is 0 Å². The number of aryl methyl sites for hydroxylation is 1. The predicted molar refractivity (Wildman–Crippen MR) is 67.5 cm³/mol. The van der Waals surface area contributed by atoms with Crippen LogP contribution >= 0.6 is 0 Å². The molecule has 1 aliphatic heterocycles. The van der Waals surface area contributed by atoms with Crippen LogP contribution in [0.4, 0.5) is 5.69 Å². The van der Waals surface area contributed by atoms with Crippen molar-refractivity contribution >= 4 is 11.6 Å².